The number of amides is 1. The first-order valence-electron chi connectivity index (χ1n) is 8.85. The number of nitrogens with one attached hydrogen (secondary N) is 2. The SMILES string of the molecule is CCC(=O)N1CCC(NC(=NC)NCC(C)c2cccc(C)c2)C1.I. The van der Waals surface area contributed by atoms with Crippen LogP contribution in [0.2, 0.25) is 0 Å². The zero-order valence-corrected chi connectivity index (χ0v) is 18.0. The Labute approximate surface area is 168 Å². The number of benzene rings is 1. The van der Waals surface area contributed by atoms with Crippen molar-refractivity contribution in [3.05, 3.63) is 35.4 Å². The fourth-order valence-corrected chi connectivity index (χ4v) is 3.06. The molecule has 1 aromatic rings. The van der Waals surface area contributed by atoms with Crippen molar-refractivity contribution in [1.82, 2.24) is 15.5 Å². The topological polar surface area (TPSA) is 56.7 Å². The fraction of sp³-hybridized carbons (Fsp3) is 0.579. The Kier molecular flexibility index (Phi) is 9.24. The number of halogens is 1. The van der Waals surface area contributed by atoms with Gasteiger partial charge in [0, 0.05) is 39.1 Å². The second-order valence-corrected chi connectivity index (χ2v) is 6.59. The van der Waals surface area contributed by atoms with E-state index in [9.17, 15) is 4.79 Å². The monoisotopic (exact) mass is 458 g/mol. The first-order chi connectivity index (χ1) is 11.5. The minimum atomic E-state index is 0. The molecular formula is C19H31IN4O. The number of hydrogen-bond donors (Lipinski definition) is 2. The average Bonchev–Trinajstić information content (AvgIpc) is 3.06. The highest BCUT2D eigenvalue weighted by atomic mass is 127. The van der Waals surface area contributed by atoms with Gasteiger partial charge in [-0.05, 0) is 24.8 Å². The molecule has 140 valence electrons. The van der Waals surface area contributed by atoms with Crippen molar-refractivity contribution in [3.63, 3.8) is 0 Å². The van der Waals surface area contributed by atoms with Crippen LogP contribution in [-0.2, 0) is 4.79 Å². The molecule has 2 atom stereocenters. The van der Waals surface area contributed by atoms with Crippen LogP contribution in [0.5, 0.6) is 0 Å². The third-order valence-corrected chi connectivity index (χ3v) is 4.59. The Bertz CT molecular complexity index is 591. The number of carbonyl (C=O) groups excluding carboxylic acids is 1. The van der Waals surface area contributed by atoms with E-state index in [0.29, 0.717) is 12.3 Å². The molecule has 1 saturated heterocycles. The maximum atomic E-state index is 11.8. The van der Waals surface area contributed by atoms with Crippen LogP contribution in [0, 0.1) is 6.92 Å². The molecular weight excluding hydrogens is 427 g/mol. The van der Waals surface area contributed by atoms with Gasteiger partial charge in [-0.25, -0.2) is 0 Å². The summed E-state index contributed by atoms with van der Waals surface area (Å²) in [5.74, 6) is 1.45. The summed E-state index contributed by atoms with van der Waals surface area (Å²) in [6.07, 6.45) is 1.55. The Morgan fingerprint density at radius 3 is 2.84 bits per heavy atom. The quantitative estimate of drug-likeness (QED) is 0.406. The first kappa shape index (κ1) is 21.7. The van der Waals surface area contributed by atoms with Crippen LogP contribution in [0.1, 0.15) is 43.7 Å². The summed E-state index contributed by atoms with van der Waals surface area (Å²) in [5, 5.41) is 6.85. The third-order valence-electron chi connectivity index (χ3n) is 4.59. The van der Waals surface area contributed by atoms with E-state index in [4.69, 9.17) is 0 Å². The van der Waals surface area contributed by atoms with E-state index in [2.05, 4.69) is 53.7 Å². The van der Waals surface area contributed by atoms with Crippen molar-refractivity contribution in [2.24, 2.45) is 4.99 Å². The Morgan fingerprint density at radius 1 is 1.44 bits per heavy atom. The number of hydrogen-bond acceptors (Lipinski definition) is 2. The average molecular weight is 458 g/mol. The summed E-state index contributed by atoms with van der Waals surface area (Å²) in [4.78, 5) is 18.0. The molecule has 25 heavy (non-hydrogen) atoms. The molecule has 1 fully saturated rings. The molecule has 0 saturated carbocycles. The molecule has 5 nitrogen and oxygen atoms in total. The highest BCUT2D eigenvalue weighted by Crippen LogP contribution is 2.15. The van der Waals surface area contributed by atoms with Gasteiger partial charge in [-0.1, -0.05) is 43.7 Å². The predicted molar refractivity (Wildman–Crippen MR) is 115 cm³/mol. The van der Waals surface area contributed by atoms with Gasteiger partial charge in [-0.2, -0.15) is 0 Å². The Balaban J connectivity index is 0.00000312. The summed E-state index contributed by atoms with van der Waals surface area (Å²) in [6, 6.07) is 8.90. The maximum Gasteiger partial charge on any atom is 0.222 e. The summed E-state index contributed by atoms with van der Waals surface area (Å²) in [7, 11) is 1.79. The summed E-state index contributed by atoms with van der Waals surface area (Å²) < 4.78 is 0. The predicted octanol–water partition coefficient (Wildman–Crippen LogP) is 2.89. The Morgan fingerprint density at radius 2 is 2.20 bits per heavy atom. The van der Waals surface area contributed by atoms with Crippen LogP contribution >= 0.6 is 24.0 Å². The van der Waals surface area contributed by atoms with Gasteiger partial charge in [0.05, 0.1) is 0 Å². The van der Waals surface area contributed by atoms with Gasteiger partial charge in [0.1, 0.15) is 0 Å². The smallest absolute Gasteiger partial charge is 0.222 e. The van der Waals surface area contributed by atoms with Gasteiger partial charge in [-0.15, -0.1) is 24.0 Å². The van der Waals surface area contributed by atoms with E-state index < -0.39 is 0 Å². The van der Waals surface area contributed by atoms with Crippen molar-refractivity contribution in [2.75, 3.05) is 26.7 Å². The van der Waals surface area contributed by atoms with Crippen LogP contribution in [0.4, 0.5) is 0 Å². The van der Waals surface area contributed by atoms with Crippen LogP contribution < -0.4 is 10.6 Å². The van der Waals surface area contributed by atoms with E-state index in [1.807, 2.05) is 11.8 Å². The molecule has 1 aromatic carbocycles. The number of aliphatic imine (C=N–C) groups is 1. The molecule has 0 aromatic heterocycles. The van der Waals surface area contributed by atoms with Gasteiger partial charge >= 0.3 is 0 Å². The number of rotatable bonds is 5. The van der Waals surface area contributed by atoms with E-state index in [-0.39, 0.29) is 35.9 Å². The summed E-state index contributed by atoms with van der Waals surface area (Å²) >= 11 is 0. The largest absolute Gasteiger partial charge is 0.356 e. The molecule has 1 amide bonds. The first-order valence-corrected chi connectivity index (χ1v) is 8.85. The molecule has 0 radical (unpaired) electrons. The lowest BCUT2D eigenvalue weighted by atomic mass is 9.99. The normalized spacial score (nSPS) is 18.5. The molecule has 1 aliphatic rings. The van der Waals surface area contributed by atoms with Gasteiger partial charge in [-0.3, -0.25) is 9.79 Å². The maximum absolute atomic E-state index is 11.8. The lowest BCUT2D eigenvalue weighted by Crippen LogP contribution is -2.45. The zero-order chi connectivity index (χ0) is 17.5. The number of aryl methyl sites for hydroxylation is 1. The molecule has 0 bridgehead atoms. The van der Waals surface area contributed by atoms with E-state index in [0.717, 1.165) is 32.0 Å². The minimum Gasteiger partial charge on any atom is -0.356 e. The number of nitrogens with zero attached hydrogens (tertiary/aromatic N) is 2. The molecule has 6 heteroatoms. The van der Waals surface area contributed by atoms with Crippen molar-refractivity contribution >= 4 is 35.8 Å². The summed E-state index contributed by atoms with van der Waals surface area (Å²) in [6.45, 7) is 8.67. The van der Waals surface area contributed by atoms with Crippen molar-refractivity contribution in [2.45, 2.75) is 45.6 Å². The lowest BCUT2D eigenvalue weighted by Gasteiger charge is -2.20. The molecule has 0 aliphatic carbocycles. The number of guanidine groups is 1. The van der Waals surface area contributed by atoms with Gasteiger partial charge in [0.2, 0.25) is 5.91 Å². The molecule has 2 rings (SSSR count). The van der Waals surface area contributed by atoms with Crippen LogP contribution in [0.3, 0.4) is 0 Å². The van der Waals surface area contributed by atoms with Gasteiger partial charge in [0.15, 0.2) is 5.96 Å². The Hall–Kier alpha value is -1.31. The standard InChI is InChI=1S/C19H30N4O.HI/c1-5-18(24)23-10-9-17(13-23)22-19(20-4)21-12-15(3)16-8-6-7-14(2)11-16;/h6-8,11,15,17H,5,9-10,12-13H2,1-4H3,(H2,20,21,22);1H. The minimum absolute atomic E-state index is 0. The van der Waals surface area contributed by atoms with Gasteiger partial charge in [0.25, 0.3) is 0 Å². The van der Waals surface area contributed by atoms with E-state index in [1.165, 1.54) is 11.1 Å². The molecule has 2 N–H and O–H groups in total. The zero-order valence-electron chi connectivity index (χ0n) is 15.7. The van der Waals surface area contributed by atoms with Crippen molar-refractivity contribution in [3.8, 4) is 0 Å². The van der Waals surface area contributed by atoms with Crippen LogP contribution in [-0.4, -0.2) is 49.5 Å². The lowest BCUT2D eigenvalue weighted by molar-refractivity contribution is -0.129. The molecule has 1 aliphatic heterocycles. The number of carbonyl (C=O) groups is 1. The molecule has 1 heterocycles. The van der Waals surface area contributed by atoms with E-state index >= 15 is 0 Å². The van der Waals surface area contributed by atoms with Crippen molar-refractivity contribution in [1.29, 1.82) is 0 Å². The summed E-state index contributed by atoms with van der Waals surface area (Å²) in [5.41, 5.74) is 2.62. The fourth-order valence-electron chi connectivity index (χ4n) is 3.06. The van der Waals surface area contributed by atoms with Crippen LogP contribution in [0.25, 0.3) is 0 Å². The molecule has 0 spiro atoms. The molecule has 2 unspecified atom stereocenters. The van der Waals surface area contributed by atoms with E-state index in [1.54, 1.807) is 7.05 Å². The van der Waals surface area contributed by atoms with Gasteiger partial charge < -0.3 is 15.5 Å². The second-order valence-electron chi connectivity index (χ2n) is 6.59. The number of likely N-dealkylation sites (tertiary alicyclic amines) is 1. The van der Waals surface area contributed by atoms with Crippen molar-refractivity contribution < 1.29 is 4.79 Å². The third kappa shape index (κ3) is 6.49. The highest BCUT2D eigenvalue weighted by molar-refractivity contribution is 14.0. The highest BCUT2D eigenvalue weighted by Gasteiger charge is 2.25. The van der Waals surface area contributed by atoms with Crippen LogP contribution in [0.15, 0.2) is 29.3 Å². The second kappa shape index (κ2) is 10.6.